The van der Waals surface area contributed by atoms with E-state index in [4.69, 9.17) is 0 Å². The summed E-state index contributed by atoms with van der Waals surface area (Å²) in [7, 11) is 2.12. The molecule has 3 atom stereocenters. The van der Waals surface area contributed by atoms with E-state index in [0.717, 1.165) is 55.0 Å². The van der Waals surface area contributed by atoms with Gasteiger partial charge in [-0.05, 0) is 37.7 Å². The molecule has 9 nitrogen and oxygen atoms in total. The van der Waals surface area contributed by atoms with Crippen molar-refractivity contribution in [3.8, 4) is 0 Å². The van der Waals surface area contributed by atoms with Crippen LogP contribution in [-0.4, -0.2) is 61.8 Å². The zero-order valence-electron chi connectivity index (χ0n) is 16.7. The third kappa shape index (κ3) is 3.20. The fourth-order valence-electron chi connectivity index (χ4n) is 4.87. The number of carbonyl (C=O) groups excluding carboxylic acids is 1. The zero-order valence-corrected chi connectivity index (χ0v) is 16.7. The number of nitrogens with one attached hydrogen (secondary N) is 2. The molecular formula is C20H26N8O. The number of aromatic amines is 1. The van der Waals surface area contributed by atoms with Gasteiger partial charge >= 0.3 is 6.03 Å². The van der Waals surface area contributed by atoms with Crippen LogP contribution in [0.5, 0.6) is 0 Å². The number of H-pyrrole nitrogens is 1. The van der Waals surface area contributed by atoms with Crippen molar-refractivity contribution >= 4 is 28.6 Å². The summed E-state index contributed by atoms with van der Waals surface area (Å²) in [4.78, 5) is 28.9. The highest BCUT2D eigenvalue weighted by molar-refractivity contribution is 5.89. The van der Waals surface area contributed by atoms with Gasteiger partial charge in [-0.2, -0.15) is 5.10 Å². The Morgan fingerprint density at radius 1 is 1.31 bits per heavy atom. The Morgan fingerprint density at radius 2 is 2.10 bits per heavy atom. The van der Waals surface area contributed by atoms with Crippen LogP contribution in [-0.2, 0) is 6.54 Å². The van der Waals surface area contributed by atoms with Gasteiger partial charge in [-0.3, -0.25) is 4.68 Å². The Hall–Kier alpha value is -3.10. The molecule has 0 spiro atoms. The largest absolute Gasteiger partial charge is 0.356 e. The Bertz CT molecular complexity index is 1010. The number of aromatic nitrogens is 5. The predicted octanol–water partition coefficient (Wildman–Crippen LogP) is 2.55. The van der Waals surface area contributed by atoms with Crippen LogP contribution in [0.25, 0.3) is 11.0 Å². The molecule has 5 rings (SSSR count). The number of urea groups is 1. The van der Waals surface area contributed by atoms with Gasteiger partial charge in [-0.15, -0.1) is 0 Å². The molecule has 0 unspecified atom stereocenters. The zero-order chi connectivity index (χ0) is 20.0. The van der Waals surface area contributed by atoms with Crippen LogP contribution in [0.3, 0.4) is 0 Å². The summed E-state index contributed by atoms with van der Waals surface area (Å²) in [6, 6.07) is 2.44. The minimum Gasteiger partial charge on any atom is -0.356 e. The van der Waals surface area contributed by atoms with E-state index in [1.165, 1.54) is 0 Å². The molecule has 1 saturated carbocycles. The molecular weight excluding hydrogens is 368 g/mol. The number of fused-ring (bicyclic) bond motifs is 2. The van der Waals surface area contributed by atoms with E-state index in [9.17, 15) is 4.79 Å². The highest BCUT2D eigenvalue weighted by atomic mass is 16.2. The molecule has 29 heavy (non-hydrogen) atoms. The second-order valence-corrected chi connectivity index (χ2v) is 8.11. The third-order valence-corrected chi connectivity index (χ3v) is 6.44. The molecule has 1 aliphatic carbocycles. The van der Waals surface area contributed by atoms with E-state index in [2.05, 4.69) is 37.3 Å². The number of nitrogens with zero attached hydrogens (tertiary/aromatic N) is 6. The maximum absolute atomic E-state index is 12.6. The van der Waals surface area contributed by atoms with Gasteiger partial charge in [0, 0.05) is 45.1 Å². The first-order valence-corrected chi connectivity index (χ1v) is 10.2. The molecule has 3 aromatic rings. The molecule has 2 N–H and O–H groups in total. The molecule has 2 aliphatic rings. The Morgan fingerprint density at radius 3 is 2.83 bits per heavy atom. The van der Waals surface area contributed by atoms with Gasteiger partial charge in [0.2, 0.25) is 0 Å². The van der Waals surface area contributed by atoms with E-state index < -0.39 is 0 Å². The van der Waals surface area contributed by atoms with Gasteiger partial charge in [0.15, 0.2) is 0 Å². The Balaban J connectivity index is 1.21. The van der Waals surface area contributed by atoms with Gasteiger partial charge in [-0.1, -0.05) is 0 Å². The molecule has 1 saturated heterocycles. The number of carbonyl (C=O) groups is 1. The average Bonchev–Trinajstić information content (AvgIpc) is 3.48. The van der Waals surface area contributed by atoms with Crippen molar-refractivity contribution < 1.29 is 4.79 Å². The number of hydrogen-bond donors (Lipinski definition) is 2. The second kappa shape index (κ2) is 7.06. The second-order valence-electron chi connectivity index (χ2n) is 8.11. The van der Waals surface area contributed by atoms with Crippen LogP contribution >= 0.6 is 0 Å². The summed E-state index contributed by atoms with van der Waals surface area (Å²) < 4.78 is 1.81. The number of amides is 2. The van der Waals surface area contributed by atoms with Gasteiger partial charge in [-0.25, -0.2) is 14.8 Å². The Labute approximate surface area is 169 Å². The standard InChI is InChI=1S/C20H26N8O/c1-3-28-11-15(8-24-28)25-20(29)27-9-13-6-16(7-14(13)10-27)26(2)19-17-4-5-21-18(17)22-12-23-19/h4-5,8,11-14,16H,3,6-7,9-10H2,1-2H3,(H,25,29)(H,21,22,23)/t13-,14+,16+. The van der Waals surface area contributed by atoms with Crippen LogP contribution in [0.1, 0.15) is 19.8 Å². The van der Waals surface area contributed by atoms with Crippen molar-refractivity contribution in [2.45, 2.75) is 32.4 Å². The van der Waals surface area contributed by atoms with Crippen molar-refractivity contribution in [2.24, 2.45) is 11.8 Å². The molecule has 2 amide bonds. The first-order valence-electron chi connectivity index (χ1n) is 10.2. The molecule has 0 radical (unpaired) electrons. The summed E-state index contributed by atoms with van der Waals surface area (Å²) in [6.07, 6.45) is 9.24. The van der Waals surface area contributed by atoms with E-state index >= 15 is 0 Å². The van der Waals surface area contributed by atoms with Crippen molar-refractivity contribution in [2.75, 3.05) is 30.4 Å². The van der Waals surface area contributed by atoms with Crippen molar-refractivity contribution in [3.05, 3.63) is 31.0 Å². The topological polar surface area (TPSA) is 95.0 Å². The lowest BCUT2D eigenvalue weighted by Gasteiger charge is -2.28. The summed E-state index contributed by atoms with van der Waals surface area (Å²) in [5, 5.41) is 8.25. The summed E-state index contributed by atoms with van der Waals surface area (Å²) in [5.74, 6) is 2.05. The van der Waals surface area contributed by atoms with Crippen molar-refractivity contribution in [1.29, 1.82) is 0 Å². The lowest BCUT2D eigenvalue weighted by Crippen LogP contribution is -2.36. The molecule has 3 aromatic heterocycles. The molecule has 4 heterocycles. The monoisotopic (exact) mass is 394 g/mol. The van der Waals surface area contributed by atoms with E-state index in [-0.39, 0.29) is 6.03 Å². The van der Waals surface area contributed by atoms with Gasteiger partial charge in [0.25, 0.3) is 0 Å². The summed E-state index contributed by atoms with van der Waals surface area (Å²) in [5.41, 5.74) is 1.63. The van der Waals surface area contributed by atoms with Gasteiger partial charge in [0.05, 0.1) is 17.3 Å². The van der Waals surface area contributed by atoms with Crippen LogP contribution in [0.15, 0.2) is 31.0 Å². The number of hydrogen-bond acceptors (Lipinski definition) is 5. The highest BCUT2D eigenvalue weighted by Gasteiger charge is 2.44. The number of anilines is 2. The maximum atomic E-state index is 12.6. The molecule has 2 fully saturated rings. The smallest absolute Gasteiger partial charge is 0.321 e. The first kappa shape index (κ1) is 18.0. The normalized spacial score (nSPS) is 23.5. The fraction of sp³-hybridized carbons (Fsp3) is 0.500. The summed E-state index contributed by atoms with van der Waals surface area (Å²) >= 11 is 0. The van der Waals surface area contributed by atoms with Crippen molar-refractivity contribution in [3.63, 3.8) is 0 Å². The lowest BCUT2D eigenvalue weighted by molar-refractivity contribution is 0.218. The van der Waals surface area contributed by atoms with Gasteiger partial charge in [0.1, 0.15) is 17.8 Å². The van der Waals surface area contributed by atoms with Crippen LogP contribution in [0.2, 0.25) is 0 Å². The minimum atomic E-state index is -0.0233. The maximum Gasteiger partial charge on any atom is 0.321 e. The van der Waals surface area contributed by atoms with Gasteiger partial charge < -0.3 is 20.1 Å². The molecule has 0 aromatic carbocycles. The van der Waals surface area contributed by atoms with Crippen LogP contribution in [0.4, 0.5) is 16.3 Å². The quantitative estimate of drug-likeness (QED) is 0.709. The lowest BCUT2D eigenvalue weighted by atomic mass is 10.0. The highest BCUT2D eigenvalue weighted by Crippen LogP contribution is 2.41. The molecule has 9 heteroatoms. The predicted molar refractivity (Wildman–Crippen MR) is 111 cm³/mol. The van der Waals surface area contributed by atoms with E-state index in [1.807, 2.05) is 35.0 Å². The average molecular weight is 394 g/mol. The number of aryl methyl sites for hydroxylation is 1. The molecule has 1 aliphatic heterocycles. The fourth-order valence-corrected chi connectivity index (χ4v) is 4.87. The van der Waals surface area contributed by atoms with E-state index in [1.54, 1.807) is 12.5 Å². The molecule has 0 bridgehead atoms. The number of likely N-dealkylation sites (tertiary alicyclic amines) is 1. The van der Waals surface area contributed by atoms with Crippen LogP contribution < -0.4 is 10.2 Å². The van der Waals surface area contributed by atoms with Crippen LogP contribution in [0, 0.1) is 11.8 Å². The Kier molecular flexibility index (Phi) is 4.37. The summed E-state index contributed by atoms with van der Waals surface area (Å²) in [6.45, 7) is 4.44. The minimum absolute atomic E-state index is 0.0233. The van der Waals surface area contributed by atoms with Crippen molar-refractivity contribution in [1.82, 2.24) is 29.6 Å². The molecule has 152 valence electrons. The third-order valence-electron chi connectivity index (χ3n) is 6.44. The first-order chi connectivity index (χ1) is 14.1. The number of rotatable bonds is 4. The van der Waals surface area contributed by atoms with E-state index in [0.29, 0.717) is 17.9 Å². The SMILES string of the molecule is CCn1cc(NC(=O)N2C[C@H]3C[C@H](N(C)c4ncnc5[nH]ccc45)C[C@H]3C2)cn1.